The molecule has 0 N–H and O–H groups in total. The highest BCUT2D eigenvalue weighted by Crippen LogP contribution is 2.61. The van der Waals surface area contributed by atoms with Crippen molar-refractivity contribution in [1.29, 1.82) is 0 Å². The van der Waals surface area contributed by atoms with Crippen molar-refractivity contribution in [3.63, 3.8) is 0 Å². The highest BCUT2D eigenvalue weighted by molar-refractivity contribution is 6.62. The Morgan fingerprint density at radius 3 is 1.30 bits per heavy atom. The Hall–Kier alpha value is 0.270. The summed E-state index contributed by atoms with van der Waals surface area (Å²) in [5, 5.41) is 0. The Kier molecular flexibility index (Phi) is 5.55. The minimum atomic E-state index is -6.63. The van der Waals surface area contributed by atoms with Gasteiger partial charge >= 0.3 is 12.1 Å². The van der Waals surface area contributed by atoms with Crippen molar-refractivity contribution >= 4 is 46.4 Å². The Balaban J connectivity index is 6.29. The summed E-state index contributed by atoms with van der Waals surface area (Å²) in [4.78, 5) is 0. The van der Waals surface area contributed by atoms with Crippen molar-refractivity contribution in [2.24, 2.45) is 0 Å². The number of rotatable bonds is 4. The minimum Gasteiger partial charge on any atom is -0.222 e. The summed E-state index contributed by atoms with van der Waals surface area (Å²) in [7, 11) is 0. The van der Waals surface area contributed by atoms with Crippen molar-refractivity contribution in [3.8, 4) is 0 Å². The van der Waals surface area contributed by atoms with Gasteiger partial charge in [-0.05, 0) is 0 Å². The van der Waals surface area contributed by atoms with Crippen LogP contribution in [0.4, 0.5) is 39.5 Å². The standard InChI is InChI=1S/C7HCl4F9/c8-4(9,6(10,11)17)5(15,16)3(14,1-2(12)13)7(18,19)20/h1H. The van der Waals surface area contributed by atoms with Gasteiger partial charge in [0.05, 0.1) is 0 Å². The zero-order chi connectivity index (χ0) is 16.8. The van der Waals surface area contributed by atoms with E-state index in [1.54, 1.807) is 0 Å². The van der Waals surface area contributed by atoms with Gasteiger partial charge in [-0.2, -0.15) is 30.7 Å². The molecule has 13 heteroatoms. The molecule has 0 aliphatic carbocycles. The second-order valence-corrected chi connectivity index (χ2v) is 5.85. The molecular weight excluding hydrogens is 397 g/mol. The lowest BCUT2D eigenvalue weighted by atomic mass is 9.93. The van der Waals surface area contributed by atoms with Crippen LogP contribution in [0.3, 0.4) is 0 Å². The molecule has 0 nitrogen and oxygen atoms in total. The molecule has 20 heavy (non-hydrogen) atoms. The van der Waals surface area contributed by atoms with Crippen LogP contribution in [0.25, 0.3) is 0 Å². The van der Waals surface area contributed by atoms with Gasteiger partial charge in [0.25, 0.3) is 16.3 Å². The Labute approximate surface area is 125 Å². The molecule has 0 saturated carbocycles. The zero-order valence-electron chi connectivity index (χ0n) is 8.49. The maximum atomic E-state index is 13.5. The van der Waals surface area contributed by atoms with Gasteiger partial charge < -0.3 is 0 Å². The number of hydrogen-bond acceptors (Lipinski definition) is 0. The first-order chi connectivity index (χ1) is 8.42. The van der Waals surface area contributed by atoms with E-state index in [-0.39, 0.29) is 0 Å². The first-order valence-electron chi connectivity index (χ1n) is 4.03. The minimum absolute atomic E-state index is 1.81. The third-order valence-electron chi connectivity index (χ3n) is 1.93. The zero-order valence-corrected chi connectivity index (χ0v) is 11.5. The van der Waals surface area contributed by atoms with E-state index in [0.717, 1.165) is 0 Å². The van der Waals surface area contributed by atoms with Crippen LogP contribution in [0.1, 0.15) is 0 Å². The lowest BCUT2D eigenvalue weighted by Crippen LogP contribution is -2.65. The second kappa shape index (κ2) is 5.48. The van der Waals surface area contributed by atoms with Crippen LogP contribution in [0.5, 0.6) is 0 Å². The van der Waals surface area contributed by atoms with Crippen LogP contribution in [-0.4, -0.2) is 26.7 Å². The van der Waals surface area contributed by atoms with Crippen molar-refractivity contribution in [2.75, 3.05) is 0 Å². The molecule has 0 spiro atoms. The fourth-order valence-corrected chi connectivity index (χ4v) is 1.42. The molecule has 1 atom stereocenters. The van der Waals surface area contributed by atoms with Crippen LogP contribution < -0.4 is 0 Å². The van der Waals surface area contributed by atoms with E-state index in [2.05, 4.69) is 46.4 Å². The largest absolute Gasteiger partial charge is 0.432 e. The van der Waals surface area contributed by atoms with Gasteiger partial charge in [0.15, 0.2) is 0 Å². The normalized spacial score (nSPS) is 17.6. The van der Waals surface area contributed by atoms with E-state index in [1.807, 2.05) is 0 Å². The first kappa shape index (κ1) is 20.3. The van der Waals surface area contributed by atoms with Gasteiger partial charge in [-0.1, -0.05) is 46.4 Å². The highest BCUT2D eigenvalue weighted by atomic mass is 35.5. The highest BCUT2D eigenvalue weighted by Gasteiger charge is 2.81. The molecule has 0 heterocycles. The fraction of sp³-hybridized carbons (Fsp3) is 0.714. The summed E-state index contributed by atoms with van der Waals surface area (Å²) in [6, 6.07) is 0. The van der Waals surface area contributed by atoms with Crippen LogP contribution >= 0.6 is 46.4 Å². The predicted molar refractivity (Wildman–Crippen MR) is 55.1 cm³/mol. The van der Waals surface area contributed by atoms with E-state index < -0.39 is 38.8 Å². The van der Waals surface area contributed by atoms with E-state index >= 15 is 0 Å². The van der Waals surface area contributed by atoms with Crippen LogP contribution in [0.2, 0.25) is 0 Å². The summed E-state index contributed by atoms with van der Waals surface area (Å²) in [6.45, 7) is 0. The maximum absolute atomic E-state index is 13.5. The van der Waals surface area contributed by atoms with Gasteiger partial charge in [-0.3, -0.25) is 0 Å². The van der Waals surface area contributed by atoms with Crippen molar-refractivity contribution in [3.05, 3.63) is 12.2 Å². The SMILES string of the molecule is FC(F)=CC(F)(C(F)(F)F)C(F)(F)C(Cl)(Cl)C(F)(Cl)Cl. The Bertz CT molecular complexity index is 392. The molecule has 120 valence electrons. The number of alkyl halides is 11. The summed E-state index contributed by atoms with van der Waals surface area (Å²) in [5.41, 5.74) is -6.12. The van der Waals surface area contributed by atoms with Gasteiger partial charge in [0, 0.05) is 6.08 Å². The average molecular weight is 398 g/mol. The fourth-order valence-electron chi connectivity index (χ4n) is 0.907. The van der Waals surface area contributed by atoms with E-state index in [9.17, 15) is 39.5 Å². The smallest absolute Gasteiger partial charge is 0.222 e. The molecule has 0 saturated heterocycles. The van der Waals surface area contributed by atoms with Crippen molar-refractivity contribution in [2.45, 2.75) is 26.7 Å². The lowest BCUT2D eigenvalue weighted by molar-refractivity contribution is -0.288. The number of halogens is 13. The average Bonchev–Trinajstić information content (AvgIpc) is 2.11. The Morgan fingerprint density at radius 1 is 0.750 bits per heavy atom. The molecular formula is C7HCl4F9. The molecule has 0 aliphatic heterocycles. The molecule has 0 bridgehead atoms. The van der Waals surface area contributed by atoms with Gasteiger partial charge in [-0.15, -0.1) is 0 Å². The summed E-state index contributed by atoms with van der Waals surface area (Å²) >= 11 is 17.9. The van der Waals surface area contributed by atoms with Crippen LogP contribution in [0.15, 0.2) is 12.2 Å². The Morgan fingerprint density at radius 2 is 1.10 bits per heavy atom. The summed E-state index contributed by atoms with van der Waals surface area (Å²) in [5.74, 6) is -6.21. The molecule has 0 radical (unpaired) electrons. The predicted octanol–water partition coefficient (Wildman–Crippen LogP) is 5.95. The van der Waals surface area contributed by atoms with Crippen LogP contribution in [0, 0.1) is 0 Å². The third-order valence-corrected chi connectivity index (χ3v) is 3.88. The summed E-state index contributed by atoms with van der Waals surface area (Å²) in [6.07, 6.45) is -11.9. The summed E-state index contributed by atoms with van der Waals surface area (Å²) < 4.78 is 105. The van der Waals surface area contributed by atoms with Crippen molar-refractivity contribution in [1.82, 2.24) is 0 Å². The van der Waals surface area contributed by atoms with E-state index in [1.165, 1.54) is 0 Å². The first-order valence-corrected chi connectivity index (χ1v) is 5.55. The third kappa shape index (κ3) is 3.20. The van der Waals surface area contributed by atoms with Gasteiger partial charge in [0.1, 0.15) is 0 Å². The second-order valence-electron chi connectivity index (χ2n) is 3.29. The van der Waals surface area contributed by atoms with Gasteiger partial charge in [0.2, 0.25) is 4.33 Å². The molecule has 0 aliphatic rings. The molecule has 0 aromatic carbocycles. The number of hydrogen-bond donors (Lipinski definition) is 0. The van der Waals surface area contributed by atoms with E-state index in [4.69, 9.17) is 0 Å². The molecule has 0 fully saturated rings. The molecule has 0 amide bonds. The molecule has 1 unspecified atom stereocenters. The van der Waals surface area contributed by atoms with Crippen molar-refractivity contribution < 1.29 is 39.5 Å². The molecule has 0 aromatic rings. The lowest BCUT2D eigenvalue weighted by Gasteiger charge is -2.40. The quantitative estimate of drug-likeness (QED) is 0.406. The van der Waals surface area contributed by atoms with E-state index in [0.29, 0.717) is 0 Å². The molecule has 0 rings (SSSR count). The monoisotopic (exact) mass is 396 g/mol. The van der Waals surface area contributed by atoms with Crippen LogP contribution in [-0.2, 0) is 0 Å². The molecule has 0 aromatic heterocycles. The maximum Gasteiger partial charge on any atom is 0.432 e. The topological polar surface area (TPSA) is 0 Å². The van der Waals surface area contributed by atoms with Gasteiger partial charge in [-0.25, -0.2) is 8.78 Å². The number of allylic oxidation sites excluding steroid dienone is 1.